The van der Waals surface area contributed by atoms with E-state index in [-0.39, 0.29) is 5.95 Å². The van der Waals surface area contributed by atoms with Crippen LogP contribution in [-0.4, -0.2) is 15.2 Å². The largest absolute Gasteiger partial charge is 0.416 e. The van der Waals surface area contributed by atoms with Crippen molar-refractivity contribution in [1.82, 2.24) is 15.2 Å². The SMILES string of the molecule is Nc1n[nH]c(CCc2cccc(C(F)(F)F)c2)n1. The van der Waals surface area contributed by atoms with Crippen molar-refractivity contribution in [1.29, 1.82) is 0 Å². The van der Waals surface area contributed by atoms with Gasteiger partial charge in [0, 0.05) is 6.42 Å². The van der Waals surface area contributed by atoms with Gasteiger partial charge in [0.15, 0.2) is 0 Å². The number of alkyl halides is 3. The van der Waals surface area contributed by atoms with Gasteiger partial charge < -0.3 is 5.73 Å². The summed E-state index contributed by atoms with van der Waals surface area (Å²) < 4.78 is 37.5. The van der Waals surface area contributed by atoms with Crippen LogP contribution in [0.2, 0.25) is 0 Å². The summed E-state index contributed by atoms with van der Waals surface area (Å²) >= 11 is 0. The lowest BCUT2D eigenvalue weighted by Crippen LogP contribution is -2.05. The van der Waals surface area contributed by atoms with Crippen molar-refractivity contribution < 1.29 is 13.2 Å². The summed E-state index contributed by atoms with van der Waals surface area (Å²) in [7, 11) is 0. The number of hydrogen-bond donors (Lipinski definition) is 2. The van der Waals surface area contributed by atoms with E-state index in [2.05, 4.69) is 15.2 Å². The number of rotatable bonds is 3. The molecule has 0 aliphatic rings. The molecule has 96 valence electrons. The first-order chi connectivity index (χ1) is 8.45. The zero-order valence-electron chi connectivity index (χ0n) is 9.33. The number of aromatic nitrogens is 3. The van der Waals surface area contributed by atoms with Crippen molar-refractivity contribution in [2.45, 2.75) is 19.0 Å². The fraction of sp³-hybridized carbons (Fsp3) is 0.273. The molecule has 2 rings (SSSR count). The number of nitrogens with one attached hydrogen (secondary N) is 1. The monoisotopic (exact) mass is 256 g/mol. The minimum atomic E-state index is -4.31. The number of aryl methyl sites for hydroxylation is 2. The molecule has 18 heavy (non-hydrogen) atoms. The average molecular weight is 256 g/mol. The van der Waals surface area contributed by atoms with Crippen LogP contribution in [0.15, 0.2) is 24.3 Å². The van der Waals surface area contributed by atoms with Gasteiger partial charge in [-0.15, -0.1) is 5.10 Å². The number of nitrogens with zero attached hydrogens (tertiary/aromatic N) is 2. The van der Waals surface area contributed by atoms with Gasteiger partial charge >= 0.3 is 6.18 Å². The van der Waals surface area contributed by atoms with Crippen molar-refractivity contribution in [2.75, 3.05) is 5.73 Å². The van der Waals surface area contributed by atoms with E-state index >= 15 is 0 Å². The molecule has 4 nitrogen and oxygen atoms in total. The Balaban J connectivity index is 2.06. The summed E-state index contributed by atoms with van der Waals surface area (Å²) in [6, 6.07) is 5.23. The minimum absolute atomic E-state index is 0.133. The summed E-state index contributed by atoms with van der Waals surface area (Å²) in [4.78, 5) is 3.89. The second-order valence-corrected chi connectivity index (χ2v) is 3.84. The van der Waals surface area contributed by atoms with E-state index in [4.69, 9.17) is 5.73 Å². The first-order valence-corrected chi connectivity index (χ1v) is 5.28. The van der Waals surface area contributed by atoms with Gasteiger partial charge in [0.05, 0.1) is 5.56 Å². The van der Waals surface area contributed by atoms with E-state index in [1.807, 2.05) is 0 Å². The molecule has 0 fully saturated rings. The number of halogens is 3. The second-order valence-electron chi connectivity index (χ2n) is 3.84. The summed E-state index contributed by atoms with van der Waals surface area (Å²) in [6.45, 7) is 0. The quantitative estimate of drug-likeness (QED) is 0.884. The molecule has 1 heterocycles. The maximum absolute atomic E-state index is 12.5. The number of H-pyrrole nitrogens is 1. The van der Waals surface area contributed by atoms with Gasteiger partial charge in [-0.2, -0.15) is 18.2 Å². The highest BCUT2D eigenvalue weighted by Crippen LogP contribution is 2.29. The van der Waals surface area contributed by atoms with Crippen molar-refractivity contribution >= 4 is 5.95 Å². The smallest absolute Gasteiger partial charge is 0.367 e. The summed E-state index contributed by atoms with van der Waals surface area (Å²) in [5.41, 5.74) is 5.28. The third-order valence-electron chi connectivity index (χ3n) is 2.45. The highest BCUT2D eigenvalue weighted by Gasteiger charge is 2.30. The molecule has 0 atom stereocenters. The molecule has 0 unspecified atom stereocenters. The summed E-state index contributed by atoms with van der Waals surface area (Å²) in [5.74, 6) is 0.693. The van der Waals surface area contributed by atoms with Crippen LogP contribution < -0.4 is 5.73 Å². The Morgan fingerprint density at radius 3 is 2.61 bits per heavy atom. The minimum Gasteiger partial charge on any atom is -0.367 e. The van der Waals surface area contributed by atoms with Gasteiger partial charge in [-0.3, -0.25) is 5.10 Å². The van der Waals surface area contributed by atoms with Crippen LogP contribution in [0, 0.1) is 0 Å². The number of anilines is 1. The Morgan fingerprint density at radius 2 is 2.00 bits per heavy atom. The predicted molar refractivity (Wildman–Crippen MR) is 59.6 cm³/mol. The molecule has 0 saturated heterocycles. The molecule has 0 aliphatic heterocycles. The van der Waals surface area contributed by atoms with E-state index in [1.54, 1.807) is 6.07 Å². The first kappa shape index (κ1) is 12.4. The van der Waals surface area contributed by atoms with E-state index < -0.39 is 11.7 Å². The molecule has 3 N–H and O–H groups in total. The van der Waals surface area contributed by atoms with Gasteiger partial charge in [-0.25, -0.2) is 0 Å². The number of nitrogens with two attached hydrogens (primary N) is 1. The number of aromatic amines is 1. The fourth-order valence-electron chi connectivity index (χ4n) is 1.59. The number of benzene rings is 1. The van der Waals surface area contributed by atoms with E-state index in [0.717, 1.165) is 12.1 Å². The Hall–Kier alpha value is -2.05. The normalized spacial score (nSPS) is 11.7. The van der Waals surface area contributed by atoms with E-state index in [0.29, 0.717) is 24.2 Å². The zero-order valence-corrected chi connectivity index (χ0v) is 9.33. The molecular formula is C11H11F3N4. The molecule has 0 spiro atoms. The fourth-order valence-corrected chi connectivity index (χ4v) is 1.59. The topological polar surface area (TPSA) is 67.6 Å². The highest BCUT2D eigenvalue weighted by molar-refractivity contribution is 5.26. The van der Waals surface area contributed by atoms with Gasteiger partial charge in [-0.05, 0) is 18.1 Å². The average Bonchev–Trinajstić information content (AvgIpc) is 2.72. The summed E-state index contributed by atoms with van der Waals surface area (Å²) in [5, 5.41) is 6.26. The molecule has 1 aromatic heterocycles. The molecule has 2 aromatic rings. The number of hydrogen-bond acceptors (Lipinski definition) is 3. The Kier molecular flexibility index (Phi) is 3.22. The third-order valence-corrected chi connectivity index (χ3v) is 2.45. The van der Waals surface area contributed by atoms with Crippen LogP contribution >= 0.6 is 0 Å². The third kappa shape index (κ3) is 2.99. The zero-order chi connectivity index (χ0) is 13.2. The van der Waals surface area contributed by atoms with E-state index in [1.165, 1.54) is 6.07 Å². The summed E-state index contributed by atoms with van der Waals surface area (Å²) in [6.07, 6.45) is -3.41. The lowest BCUT2D eigenvalue weighted by atomic mass is 10.1. The Morgan fingerprint density at radius 1 is 1.22 bits per heavy atom. The first-order valence-electron chi connectivity index (χ1n) is 5.28. The standard InChI is InChI=1S/C11H11F3N4/c12-11(13,14)8-3-1-2-7(6-8)4-5-9-16-10(15)18-17-9/h1-3,6H,4-5H2,(H3,15,16,17,18). The molecule has 1 aromatic carbocycles. The van der Waals surface area contributed by atoms with Crippen LogP contribution in [0.3, 0.4) is 0 Å². The van der Waals surface area contributed by atoms with Crippen molar-refractivity contribution in [3.8, 4) is 0 Å². The van der Waals surface area contributed by atoms with E-state index in [9.17, 15) is 13.2 Å². The second kappa shape index (κ2) is 4.67. The number of nitrogen functional groups attached to an aromatic ring is 1. The lowest BCUT2D eigenvalue weighted by molar-refractivity contribution is -0.137. The Bertz CT molecular complexity index is 533. The van der Waals surface area contributed by atoms with Crippen LogP contribution in [0.25, 0.3) is 0 Å². The van der Waals surface area contributed by atoms with Crippen LogP contribution in [0.4, 0.5) is 19.1 Å². The lowest BCUT2D eigenvalue weighted by Gasteiger charge is -2.08. The van der Waals surface area contributed by atoms with Crippen LogP contribution in [-0.2, 0) is 19.0 Å². The maximum atomic E-state index is 12.5. The predicted octanol–water partition coefficient (Wildman–Crippen LogP) is 2.19. The van der Waals surface area contributed by atoms with Gasteiger partial charge in [0.2, 0.25) is 5.95 Å². The molecule has 0 aliphatic carbocycles. The molecular weight excluding hydrogens is 245 g/mol. The molecule has 7 heteroatoms. The van der Waals surface area contributed by atoms with Crippen LogP contribution in [0.1, 0.15) is 17.0 Å². The molecule has 0 radical (unpaired) electrons. The van der Waals surface area contributed by atoms with Gasteiger partial charge in [0.1, 0.15) is 5.82 Å². The van der Waals surface area contributed by atoms with Crippen molar-refractivity contribution in [3.63, 3.8) is 0 Å². The van der Waals surface area contributed by atoms with Gasteiger partial charge in [-0.1, -0.05) is 18.2 Å². The molecule has 0 bridgehead atoms. The maximum Gasteiger partial charge on any atom is 0.416 e. The van der Waals surface area contributed by atoms with Crippen molar-refractivity contribution in [2.24, 2.45) is 0 Å². The highest BCUT2D eigenvalue weighted by atomic mass is 19.4. The van der Waals surface area contributed by atoms with Crippen LogP contribution in [0.5, 0.6) is 0 Å². The molecule has 0 saturated carbocycles. The Labute approximate surface area is 101 Å². The molecule has 0 amide bonds. The van der Waals surface area contributed by atoms with Crippen molar-refractivity contribution in [3.05, 3.63) is 41.2 Å². The van der Waals surface area contributed by atoms with Gasteiger partial charge in [0.25, 0.3) is 0 Å².